The Morgan fingerprint density at radius 1 is 1.30 bits per heavy atom. The molecule has 0 saturated heterocycles. The van der Waals surface area contributed by atoms with Crippen molar-refractivity contribution >= 4 is 22.6 Å². The van der Waals surface area contributed by atoms with E-state index in [2.05, 4.69) is 35.3 Å². The predicted octanol–water partition coefficient (Wildman–Crippen LogP) is 4.78. The largest absolute Gasteiger partial charge is 0.326 e. The van der Waals surface area contributed by atoms with Gasteiger partial charge in [0.1, 0.15) is 11.3 Å². The van der Waals surface area contributed by atoms with Crippen LogP contribution in [0.1, 0.15) is 52.3 Å². The average Bonchev–Trinajstić information content (AvgIpc) is 2.77. The Bertz CT molecular complexity index is 560. The summed E-state index contributed by atoms with van der Waals surface area (Å²) in [5.41, 5.74) is 2.33. The first-order valence-corrected chi connectivity index (χ1v) is 7.96. The van der Waals surface area contributed by atoms with E-state index in [1.54, 1.807) is 0 Å². The molecule has 0 unspecified atom stereocenters. The lowest BCUT2D eigenvalue weighted by Crippen LogP contribution is -2.21. The summed E-state index contributed by atoms with van der Waals surface area (Å²) in [5.74, 6) is 1.39. The number of nitrogens with zero attached hydrogens (tertiary/aromatic N) is 3. The van der Waals surface area contributed by atoms with Crippen LogP contribution in [0.4, 0.5) is 0 Å². The zero-order chi connectivity index (χ0) is 14.6. The smallest absolute Gasteiger partial charge is 0.124 e. The molecule has 0 aliphatic heterocycles. The number of alkyl halides is 1. The van der Waals surface area contributed by atoms with Gasteiger partial charge < -0.3 is 4.57 Å². The highest BCUT2D eigenvalue weighted by molar-refractivity contribution is 6.16. The number of hydrogen-bond donors (Lipinski definition) is 0. The van der Waals surface area contributed by atoms with Gasteiger partial charge in [0.2, 0.25) is 0 Å². The summed E-state index contributed by atoms with van der Waals surface area (Å²) in [5, 5.41) is 0. The molecule has 110 valence electrons. The van der Waals surface area contributed by atoms with Gasteiger partial charge in [-0.05, 0) is 17.9 Å². The van der Waals surface area contributed by atoms with Crippen molar-refractivity contribution in [3.63, 3.8) is 0 Å². The number of hydrogen-bond acceptors (Lipinski definition) is 2. The molecule has 4 heteroatoms. The summed E-state index contributed by atoms with van der Waals surface area (Å²) < 4.78 is 2.26. The van der Waals surface area contributed by atoms with Crippen molar-refractivity contribution < 1.29 is 0 Å². The topological polar surface area (TPSA) is 30.7 Å². The van der Waals surface area contributed by atoms with E-state index >= 15 is 0 Å². The molecule has 0 bridgehead atoms. The minimum atomic E-state index is 0.257. The Morgan fingerprint density at radius 3 is 2.80 bits per heavy atom. The van der Waals surface area contributed by atoms with Crippen LogP contribution in [0.5, 0.6) is 0 Å². The Labute approximate surface area is 126 Å². The summed E-state index contributed by atoms with van der Waals surface area (Å²) in [6.07, 6.45) is 8.72. The molecule has 3 nitrogen and oxygen atoms in total. The summed E-state index contributed by atoms with van der Waals surface area (Å²) in [6.45, 7) is 7.86. The number of fused-ring (bicyclic) bond motifs is 1. The number of unbranched alkanes of at least 4 members (excludes halogenated alkanes) is 2. The molecule has 2 aromatic rings. The van der Waals surface area contributed by atoms with Gasteiger partial charge >= 0.3 is 0 Å². The maximum Gasteiger partial charge on any atom is 0.124 e. The van der Waals surface area contributed by atoms with Crippen molar-refractivity contribution in [2.75, 3.05) is 0 Å². The van der Waals surface area contributed by atoms with Crippen LogP contribution in [-0.4, -0.2) is 14.5 Å². The lowest BCUT2D eigenvalue weighted by Gasteiger charge is -2.26. The first kappa shape index (κ1) is 15.3. The van der Waals surface area contributed by atoms with Gasteiger partial charge in [-0.2, -0.15) is 0 Å². The number of imidazole rings is 1. The molecule has 0 amide bonds. The standard InChI is InChI=1S/C16H24ClN3/c1-4-5-6-8-16(2,3)12-20-14-7-9-18-11-13(14)19-15(20)10-17/h7,9,11H,4-6,8,10,12H2,1-3H3. The average molecular weight is 294 g/mol. The summed E-state index contributed by atoms with van der Waals surface area (Å²) in [7, 11) is 0. The molecular formula is C16H24ClN3. The van der Waals surface area contributed by atoms with Crippen LogP contribution in [0.2, 0.25) is 0 Å². The van der Waals surface area contributed by atoms with Gasteiger partial charge in [-0.15, -0.1) is 11.6 Å². The first-order chi connectivity index (χ1) is 9.57. The van der Waals surface area contributed by atoms with Crippen LogP contribution in [0.15, 0.2) is 18.5 Å². The minimum Gasteiger partial charge on any atom is -0.326 e. The molecule has 0 spiro atoms. The van der Waals surface area contributed by atoms with Crippen molar-refractivity contribution in [2.45, 2.75) is 58.9 Å². The Balaban J connectivity index is 2.23. The van der Waals surface area contributed by atoms with Crippen molar-refractivity contribution in [3.05, 3.63) is 24.3 Å². The van der Waals surface area contributed by atoms with Crippen LogP contribution < -0.4 is 0 Å². The first-order valence-electron chi connectivity index (χ1n) is 7.42. The van der Waals surface area contributed by atoms with Crippen LogP contribution >= 0.6 is 11.6 Å². The highest BCUT2D eigenvalue weighted by atomic mass is 35.5. The van der Waals surface area contributed by atoms with Gasteiger partial charge in [-0.3, -0.25) is 4.98 Å². The molecule has 0 fully saturated rings. The van der Waals surface area contributed by atoms with E-state index in [0.29, 0.717) is 5.88 Å². The zero-order valence-corrected chi connectivity index (χ0v) is 13.5. The second kappa shape index (κ2) is 6.57. The maximum atomic E-state index is 6.06. The highest BCUT2D eigenvalue weighted by Gasteiger charge is 2.21. The summed E-state index contributed by atoms with van der Waals surface area (Å²) in [6, 6.07) is 2.03. The summed E-state index contributed by atoms with van der Waals surface area (Å²) in [4.78, 5) is 8.72. The highest BCUT2D eigenvalue weighted by Crippen LogP contribution is 2.29. The van der Waals surface area contributed by atoms with E-state index < -0.39 is 0 Å². The fourth-order valence-corrected chi connectivity index (χ4v) is 2.87. The normalized spacial score (nSPS) is 12.2. The maximum absolute atomic E-state index is 6.06. The van der Waals surface area contributed by atoms with Crippen molar-refractivity contribution in [1.82, 2.24) is 14.5 Å². The van der Waals surface area contributed by atoms with E-state index in [-0.39, 0.29) is 5.41 Å². The van der Waals surface area contributed by atoms with Gasteiger partial charge in [0.15, 0.2) is 0 Å². The molecular weight excluding hydrogens is 270 g/mol. The monoisotopic (exact) mass is 293 g/mol. The molecule has 0 saturated carbocycles. The van der Waals surface area contributed by atoms with E-state index in [4.69, 9.17) is 11.6 Å². The quantitative estimate of drug-likeness (QED) is 0.543. The Hall–Kier alpha value is -1.09. The molecule has 20 heavy (non-hydrogen) atoms. The van der Waals surface area contributed by atoms with Crippen LogP contribution in [0, 0.1) is 5.41 Å². The number of rotatable bonds is 7. The molecule has 0 atom stereocenters. The second-order valence-electron chi connectivity index (χ2n) is 6.23. The Morgan fingerprint density at radius 2 is 2.10 bits per heavy atom. The van der Waals surface area contributed by atoms with E-state index in [0.717, 1.165) is 23.4 Å². The van der Waals surface area contributed by atoms with Crippen LogP contribution in [-0.2, 0) is 12.4 Å². The van der Waals surface area contributed by atoms with Gasteiger partial charge in [-0.1, -0.05) is 40.0 Å². The lowest BCUT2D eigenvalue weighted by molar-refractivity contribution is 0.272. The van der Waals surface area contributed by atoms with E-state index in [1.807, 2.05) is 18.5 Å². The molecule has 0 N–H and O–H groups in total. The fraction of sp³-hybridized carbons (Fsp3) is 0.625. The van der Waals surface area contributed by atoms with Crippen molar-refractivity contribution in [3.8, 4) is 0 Å². The predicted molar refractivity (Wildman–Crippen MR) is 85.0 cm³/mol. The van der Waals surface area contributed by atoms with Gasteiger partial charge in [0, 0.05) is 12.7 Å². The number of halogens is 1. The molecule has 0 radical (unpaired) electrons. The van der Waals surface area contributed by atoms with Gasteiger partial charge in [0.05, 0.1) is 17.6 Å². The van der Waals surface area contributed by atoms with Crippen LogP contribution in [0.25, 0.3) is 11.0 Å². The second-order valence-corrected chi connectivity index (χ2v) is 6.50. The zero-order valence-electron chi connectivity index (χ0n) is 12.7. The Kier molecular flexibility index (Phi) is 5.03. The number of pyridine rings is 1. The minimum absolute atomic E-state index is 0.257. The van der Waals surface area contributed by atoms with Crippen LogP contribution in [0.3, 0.4) is 0 Å². The third kappa shape index (κ3) is 3.51. The number of aromatic nitrogens is 3. The molecule has 0 aliphatic rings. The van der Waals surface area contributed by atoms with Gasteiger partial charge in [-0.25, -0.2) is 4.98 Å². The summed E-state index contributed by atoms with van der Waals surface area (Å²) >= 11 is 6.06. The molecule has 2 heterocycles. The fourth-order valence-electron chi connectivity index (χ4n) is 2.67. The van der Waals surface area contributed by atoms with Crippen molar-refractivity contribution in [2.24, 2.45) is 5.41 Å². The van der Waals surface area contributed by atoms with E-state index in [9.17, 15) is 0 Å². The molecule has 0 aromatic carbocycles. The lowest BCUT2D eigenvalue weighted by atomic mass is 9.86. The third-order valence-electron chi connectivity index (χ3n) is 3.79. The molecule has 0 aliphatic carbocycles. The SMILES string of the molecule is CCCCCC(C)(C)Cn1c(CCl)nc2cnccc21. The van der Waals surface area contributed by atoms with Gasteiger partial charge in [0.25, 0.3) is 0 Å². The molecule has 2 aromatic heterocycles. The van der Waals surface area contributed by atoms with E-state index in [1.165, 1.54) is 25.7 Å². The third-order valence-corrected chi connectivity index (χ3v) is 4.03. The van der Waals surface area contributed by atoms with Crippen molar-refractivity contribution in [1.29, 1.82) is 0 Å². The molecule has 2 rings (SSSR count).